The summed E-state index contributed by atoms with van der Waals surface area (Å²) in [5, 5.41) is 0. The minimum absolute atomic E-state index is 0.297. The summed E-state index contributed by atoms with van der Waals surface area (Å²) in [6.07, 6.45) is 5.47. The van der Waals surface area contributed by atoms with Gasteiger partial charge in [-0.3, -0.25) is 9.59 Å². The summed E-state index contributed by atoms with van der Waals surface area (Å²) in [5.41, 5.74) is -0.0830. The van der Waals surface area contributed by atoms with Gasteiger partial charge in [-0.25, -0.2) is 0 Å². The van der Waals surface area contributed by atoms with E-state index in [-0.39, 0.29) is 11.9 Å². The van der Waals surface area contributed by atoms with E-state index in [1.165, 1.54) is 0 Å². The van der Waals surface area contributed by atoms with Crippen molar-refractivity contribution in [1.29, 1.82) is 0 Å². The Hall–Kier alpha value is -2.42. The third-order valence-electron chi connectivity index (χ3n) is 10.7. The normalized spacial score (nSPS) is 37.4. The number of benzene rings is 2. The third-order valence-corrected chi connectivity index (χ3v) is 10.7. The zero-order valence-corrected chi connectivity index (χ0v) is 22.4. The molecule has 2 fully saturated rings. The van der Waals surface area contributed by atoms with Crippen molar-refractivity contribution in [3.05, 3.63) is 71.8 Å². The van der Waals surface area contributed by atoms with Gasteiger partial charge in [0.1, 0.15) is 0 Å². The van der Waals surface area contributed by atoms with Gasteiger partial charge < -0.3 is 4.74 Å². The Morgan fingerprint density at radius 3 is 1.34 bits per heavy atom. The predicted molar refractivity (Wildman–Crippen MR) is 141 cm³/mol. The van der Waals surface area contributed by atoms with Crippen molar-refractivity contribution in [2.75, 3.05) is 0 Å². The molecule has 6 atom stereocenters. The van der Waals surface area contributed by atoms with Gasteiger partial charge in [-0.2, -0.15) is 0 Å². The lowest BCUT2D eigenvalue weighted by Gasteiger charge is -2.54. The quantitative estimate of drug-likeness (QED) is 0.338. The maximum Gasteiger partial charge on any atom is 0.320 e. The molecular weight excluding hydrogens is 432 g/mol. The lowest BCUT2D eigenvalue weighted by Crippen LogP contribution is -2.57. The average molecular weight is 475 g/mol. The van der Waals surface area contributed by atoms with Crippen molar-refractivity contribution >= 4 is 11.9 Å². The molecule has 188 valence electrons. The van der Waals surface area contributed by atoms with Crippen LogP contribution in [0.5, 0.6) is 0 Å². The number of carbonyl (C=O) groups is 2. The zero-order chi connectivity index (χ0) is 25.5. The lowest BCUT2D eigenvalue weighted by atomic mass is 9.50. The second-order valence-corrected chi connectivity index (χ2v) is 12.1. The molecule has 0 aliphatic heterocycles. The third kappa shape index (κ3) is 3.77. The second-order valence-electron chi connectivity index (χ2n) is 12.1. The fourth-order valence-electron chi connectivity index (χ4n) is 7.42. The van der Waals surface area contributed by atoms with E-state index in [4.69, 9.17) is 4.74 Å². The summed E-state index contributed by atoms with van der Waals surface area (Å²) < 4.78 is 5.99. The van der Waals surface area contributed by atoms with E-state index in [0.29, 0.717) is 11.8 Å². The van der Waals surface area contributed by atoms with Crippen LogP contribution in [0.25, 0.3) is 0 Å². The molecule has 2 aliphatic rings. The number of carbonyl (C=O) groups excluding carboxylic acids is 2. The SMILES string of the molecule is CC1CCCC(C)(C(=O)OC(=O)C2(C)CCCC(C)C2(C)c2ccccc2)C1(C)c1ccccc1. The topological polar surface area (TPSA) is 43.4 Å². The van der Waals surface area contributed by atoms with Crippen molar-refractivity contribution in [1.82, 2.24) is 0 Å². The minimum Gasteiger partial charge on any atom is -0.392 e. The Bertz CT molecular complexity index is 977. The molecule has 35 heavy (non-hydrogen) atoms. The molecule has 0 N–H and O–H groups in total. The van der Waals surface area contributed by atoms with Crippen LogP contribution in [0, 0.1) is 22.7 Å². The Morgan fingerprint density at radius 1 is 0.657 bits per heavy atom. The van der Waals surface area contributed by atoms with E-state index in [1.807, 2.05) is 50.2 Å². The number of rotatable bonds is 4. The number of ether oxygens (including phenoxy) is 1. The molecule has 2 aromatic rings. The van der Waals surface area contributed by atoms with E-state index >= 15 is 0 Å². The molecule has 3 heteroatoms. The van der Waals surface area contributed by atoms with E-state index in [2.05, 4.69) is 52.0 Å². The summed E-state index contributed by atoms with van der Waals surface area (Å²) in [6.45, 7) is 12.9. The predicted octanol–water partition coefficient (Wildman–Crippen LogP) is 7.62. The van der Waals surface area contributed by atoms with Crippen molar-refractivity contribution in [2.45, 2.75) is 90.9 Å². The number of esters is 2. The van der Waals surface area contributed by atoms with Crippen LogP contribution in [-0.2, 0) is 25.2 Å². The van der Waals surface area contributed by atoms with E-state index in [0.717, 1.165) is 49.7 Å². The molecule has 2 saturated carbocycles. The van der Waals surface area contributed by atoms with Gasteiger partial charge in [0, 0.05) is 10.8 Å². The number of hydrogen-bond donors (Lipinski definition) is 0. The molecule has 6 unspecified atom stereocenters. The van der Waals surface area contributed by atoms with Gasteiger partial charge >= 0.3 is 11.9 Å². The Labute approximate surface area is 211 Å². The highest BCUT2D eigenvalue weighted by Crippen LogP contribution is 2.58. The van der Waals surface area contributed by atoms with Gasteiger partial charge in [0.05, 0.1) is 10.8 Å². The van der Waals surface area contributed by atoms with Crippen molar-refractivity contribution in [3.63, 3.8) is 0 Å². The lowest BCUT2D eigenvalue weighted by molar-refractivity contribution is -0.184. The first kappa shape index (κ1) is 25.7. The van der Waals surface area contributed by atoms with Crippen LogP contribution in [0.2, 0.25) is 0 Å². The molecule has 2 aromatic carbocycles. The van der Waals surface area contributed by atoms with Crippen LogP contribution < -0.4 is 0 Å². The highest BCUT2D eigenvalue weighted by Gasteiger charge is 2.60. The summed E-state index contributed by atoms with van der Waals surface area (Å²) in [4.78, 5) is 28.1. The van der Waals surface area contributed by atoms with Gasteiger partial charge in [-0.1, -0.05) is 101 Å². The van der Waals surface area contributed by atoms with Crippen molar-refractivity contribution in [3.8, 4) is 0 Å². The summed E-state index contributed by atoms with van der Waals surface area (Å²) in [5.74, 6) is -0.136. The molecule has 0 heterocycles. The van der Waals surface area contributed by atoms with Gasteiger partial charge in [0.15, 0.2) is 0 Å². The van der Waals surface area contributed by atoms with Gasteiger partial charge in [-0.05, 0) is 62.5 Å². The monoisotopic (exact) mass is 474 g/mol. The van der Waals surface area contributed by atoms with Crippen LogP contribution >= 0.6 is 0 Å². The van der Waals surface area contributed by atoms with E-state index in [9.17, 15) is 9.59 Å². The van der Waals surface area contributed by atoms with Gasteiger partial charge in [-0.15, -0.1) is 0 Å². The number of hydrogen-bond acceptors (Lipinski definition) is 3. The van der Waals surface area contributed by atoms with Crippen LogP contribution in [0.3, 0.4) is 0 Å². The average Bonchev–Trinajstić information content (AvgIpc) is 2.86. The molecule has 2 aliphatic carbocycles. The second kappa shape index (κ2) is 9.22. The summed E-state index contributed by atoms with van der Waals surface area (Å²) in [7, 11) is 0. The standard InChI is InChI=1S/C32H42O3/c1-23-15-13-21-29(3,31(23,5)25-17-9-7-10-18-25)27(33)35-28(34)30(4)22-14-16-24(2)32(30,6)26-19-11-8-12-20-26/h7-12,17-20,23-24H,13-16,21-22H2,1-6H3. The van der Waals surface area contributed by atoms with E-state index in [1.54, 1.807) is 0 Å². The molecule has 0 aromatic heterocycles. The highest BCUT2D eigenvalue weighted by atomic mass is 16.6. The van der Waals surface area contributed by atoms with Crippen LogP contribution in [0.15, 0.2) is 60.7 Å². The summed E-state index contributed by atoms with van der Waals surface area (Å²) >= 11 is 0. The molecule has 3 nitrogen and oxygen atoms in total. The first-order chi connectivity index (χ1) is 16.5. The molecule has 0 saturated heterocycles. The molecular formula is C32H42O3. The fraction of sp³-hybridized carbons (Fsp3) is 0.562. The molecule has 0 amide bonds. The van der Waals surface area contributed by atoms with Crippen LogP contribution in [0.4, 0.5) is 0 Å². The molecule has 0 radical (unpaired) electrons. The van der Waals surface area contributed by atoms with Gasteiger partial charge in [0.25, 0.3) is 0 Å². The highest BCUT2D eigenvalue weighted by molar-refractivity contribution is 5.93. The first-order valence-corrected chi connectivity index (χ1v) is 13.4. The minimum atomic E-state index is -0.776. The maximum atomic E-state index is 14.0. The maximum absolute atomic E-state index is 14.0. The molecule has 0 bridgehead atoms. The summed E-state index contributed by atoms with van der Waals surface area (Å²) in [6, 6.07) is 20.6. The smallest absolute Gasteiger partial charge is 0.320 e. The zero-order valence-electron chi connectivity index (χ0n) is 22.4. The Kier molecular flexibility index (Phi) is 6.76. The largest absolute Gasteiger partial charge is 0.392 e. The Morgan fingerprint density at radius 2 is 1.00 bits per heavy atom. The van der Waals surface area contributed by atoms with Crippen molar-refractivity contribution < 1.29 is 14.3 Å². The van der Waals surface area contributed by atoms with Crippen LogP contribution in [0.1, 0.15) is 91.2 Å². The van der Waals surface area contributed by atoms with Crippen LogP contribution in [-0.4, -0.2) is 11.9 Å². The van der Waals surface area contributed by atoms with Gasteiger partial charge in [0.2, 0.25) is 0 Å². The Balaban J connectivity index is 1.70. The molecule has 4 rings (SSSR count). The first-order valence-electron chi connectivity index (χ1n) is 13.4. The van der Waals surface area contributed by atoms with E-state index < -0.39 is 21.7 Å². The fourth-order valence-corrected chi connectivity index (χ4v) is 7.42. The molecule has 0 spiro atoms. The van der Waals surface area contributed by atoms with Crippen molar-refractivity contribution in [2.24, 2.45) is 22.7 Å².